The first kappa shape index (κ1) is 15.6. The summed E-state index contributed by atoms with van der Waals surface area (Å²) >= 11 is 0. The number of likely N-dealkylation sites (N-methyl/N-ethyl adjacent to an activating group) is 1. The predicted molar refractivity (Wildman–Crippen MR) is 81.3 cm³/mol. The van der Waals surface area contributed by atoms with Crippen molar-refractivity contribution in [2.75, 3.05) is 33.4 Å². The quantitative estimate of drug-likeness (QED) is 0.320. The summed E-state index contributed by atoms with van der Waals surface area (Å²) in [6.07, 6.45) is 1.74. The fraction of sp³-hybridized carbons (Fsp3) is 0.600. The molecule has 6 heteroatoms. The minimum Gasteiger partial charge on any atom is -0.494 e. The maximum Gasteiger partial charge on any atom is 0.119 e. The SMILES string of the molecule is CN1C[C@H](N=[N+]=[N-])C[C@@H]1COCCCOc1ccccc1. The highest BCUT2D eigenvalue weighted by Gasteiger charge is 2.28. The van der Waals surface area contributed by atoms with Crippen LogP contribution in [0.3, 0.4) is 0 Å². The Morgan fingerprint density at radius 1 is 1.33 bits per heavy atom. The third kappa shape index (κ3) is 5.27. The average Bonchev–Trinajstić information content (AvgIpc) is 2.84. The maximum atomic E-state index is 8.46. The van der Waals surface area contributed by atoms with Gasteiger partial charge in [-0.25, -0.2) is 0 Å². The van der Waals surface area contributed by atoms with E-state index in [-0.39, 0.29) is 6.04 Å². The lowest BCUT2D eigenvalue weighted by molar-refractivity contribution is 0.0774. The van der Waals surface area contributed by atoms with E-state index in [1.807, 2.05) is 37.4 Å². The van der Waals surface area contributed by atoms with Gasteiger partial charge < -0.3 is 14.4 Å². The zero-order valence-electron chi connectivity index (χ0n) is 12.4. The van der Waals surface area contributed by atoms with E-state index in [4.69, 9.17) is 15.0 Å². The Morgan fingerprint density at radius 2 is 2.14 bits per heavy atom. The van der Waals surface area contributed by atoms with E-state index in [1.165, 1.54) is 0 Å². The normalized spacial score (nSPS) is 22.0. The van der Waals surface area contributed by atoms with Crippen LogP contribution in [0.4, 0.5) is 0 Å². The molecule has 1 saturated heterocycles. The molecule has 2 atom stereocenters. The van der Waals surface area contributed by atoms with E-state index in [2.05, 4.69) is 14.9 Å². The third-order valence-electron chi connectivity index (χ3n) is 3.64. The van der Waals surface area contributed by atoms with E-state index in [9.17, 15) is 0 Å². The summed E-state index contributed by atoms with van der Waals surface area (Å²) in [6.45, 7) is 2.84. The molecule has 1 aromatic carbocycles. The second-order valence-corrected chi connectivity index (χ2v) is 5.28. The van der Waals surface area contributed by atoms with Crippen LogP contribution in [0.15, 0.2) is 35.4 Å². The van der Waals surface area contributed by atoms with Crippen LogP contribution in [0.5, 0.6) is 5.75 Å². The largest absolute Gasteiger partial charge is 0.494 e. The lowest BCUT2D eigenvalue weighted by Crippen LogP contribution is -2.29. The predicted octanol–water partition coefficient (Wildman–Crippen LogP) is 2.86. The van der Waals surface area contributed by atoms with Gasteiger partial charge in [-0.2, -0.15) is 0 Å². The van der Waals surface area contributed by atoms with Crippen molar-refractivity contribution in [1.82, 2.24) is 4.90 Å². The van der Waals surface area contributed by atoms with Gasteiger partial charge in [0.15, 0.2) is 0 Å². The smallest absolute Gasteiger partial charge is 0.119 e. The number of hydrogen-bond donors (Lipinski definition) is 0. The second-order valence-electron chi connectivity index (χ2n) is 5.28. The van der Waals surface area contributed by atoms with E-state index >= 15 is 0 Å². The summed E-state index contributed by atoms with van der Waals surface area (Å²) in [5, 5.41) is 3.78. The second kappa shape index (κ2) is 8.52. The molecule has 0 spiro atoms. The van der Waals surface area contributed by atoms with Crippen molar-refractivity contribution in [3.63, 3.8) is 0 Å². The molecule has 1 fully saturated rings. The maximum absolute atomic E-state index is 8.46. The molecule has 6 nitrogen and oxygen atoms in total. The Labute approximate surface area is 125 Å². The number of ether oxygens (including phenoxy) is 2. The van der Waals surface area contributed by atoms with E-state index < -0.39 is 0 Å². The van der Waals surface area contributed by atoms with Gasteiger partial charge >= 0.3 is 0 Å². The molecule has 1 heterocycles. The van der Waals surface area contributed by atoms with E-state index in [1.54, 1.807) is 0 Å². The Bertz CT molecular complexity index is 462. The highest BCUT2D eigenvalue weighted by Crippen LogP contribution is 2.19. The number of nitrogens with zero attached hydrogens (tertiary/aromatic N) is 4. The minimum atomic E-state index is 0.0787. The van der Waals surface area contributed by atoms with Crippen LogP contribution in [-0.2, 0) is 4.74 Å². The van der Waals surface area contributed by atoms with Crippen LogP contribution in [-0.4, -0.2) is 50.4 Å². The number of likely N-dealkylation sites (tertiary alicyclic amines) is 1. The number of para-hydroxylation sites is 1. The van der Waals surface area contributed by atoms with Crippen molar-refractivity contribution in [3.05, 3.63) is 40.8 Å². The van der Waals surface area contributed by atoms with Crippen LogP contribution >= 0.6 is 0 Å². The third-order valence-corrected chi connectivity index (χ3v) is 3.64. The molecule has 0 N–H and O–H groups in total. The Balaban J connectivity index is 1.55. The van der Waals surface area contributed by atoms with Crippen molar-refractivity contribution in [2.45, 2.75) is 24.9 Å². The zero-order chi connectivity index (χ0) is 14.9. The first-order valence-electron chi connectivity index (χ1n) is 7.29. The molecule has 1 aromatic rings. The molecule has 0 aromatic heterocycles. The number of hydrogen-bond acceptors (Lipinski definition) is 4. The highest BCUT2D eigenvalue weighted by molar-refractivity contribution is 5.20. The fourth-order valence-corrected chi connectivity index (χ4v) is 2.49. The first-order chi connectivity index (χ1) is 10.3. The van der Waals surface area contributed by atoms with Crippen molar-refractivity contribution in [3.8, 4) is 5.75 Å². The molecule has 114 valence electrons. The van der Waals surface area contributed by atoms with Gasteiger partial charge in [-0.15, -0.1) is 0 Å². The molecule has 1 aliphatic rings. The monoisotopic (exact) mass is 290 g/mol. The van der Waals surface area contributed by atoms with Gasteiger partial charge in [0.25, 0.3) is 0 Å². The Hall–Kier alpha value is -1.75. The fourth-order valence-electron chi connectivity index (χ4n) is 2.49. The van der Waals surface area contributed by atoms with E-state index in [0.29, 0.717) is 25.9 Å². The minimum absolute atomic E-state index is 0.0787. The number of benzene rings is 1. The van der Waals surface area contributed by atoms with Crippen LogP contribution < -0.4 is 4.74 Å². The molecular formula is C15H22N4O2. The van der Waals surface area contributed by atoms with Crippen molar-refractivity contribution < 1.29 is 9.47 Å². The molecule has 0 bridgehead atoms. The summed E-state index contributed by atoms with van der Waals surface area (Å²) in [6, 6.07) is 10.2. The molecule has 0 aliphatic carbocycles. The summed E-state index contributed by atoms with van der Waals surface area (Å²) < 4.78 is 11.3. The molecule has 2 rings (SSSR count). The topological polar surface area (TPSA) is 70.5 Å². The first-order valence-corrected chi connectivity index (χ1v) is 7.29. The van der Waals surface area contributed by atoms with Gasteiger partial charge in [0.05, 0.1) is 19.3 Å². The molecule has 21 heavy (non-hydrogen) atoms. The standard InChI is InChI=1S/C15H22N4O2/c1-19-11-13(17-18-16)10-14(19)12-20-8-5-9-21-15-6-3-2-4-7-15/h2-4,6-7,13-14H,5,8-12H2,1H3/t13-,14-/m1/s1. The molecule has 0 amide bonds. The lowest BCUT2D eigenvalue weighted by atomic mass is 10.2. The van der Waals surface area contributed by atoms with Crippen molar-refractivity contribution >= 4 is 0 Å². The molecule has 1 aliphatic heterocycles. The number of azide groups is 1. The van der Waals surface area contributed by atoms with Crippen molar-refractivity contribution in [1.29, 1.82) is 0 Å². The van der Waals surface area contributed by atoms with Crippen molar-refractivity contribution in [2.24, 2.45) is 5.11 Å². The molecule has 0 radical (unpaired) electrons. The van der Waals surface area contributed by atoms with Gasteiger partial charge in [-0.1, -0.05) is 23.3 Å². The lowest BCUT2D eigenvalue weighted by Gasteiger charge is -2.18. The Morgan fingerprint density at radius 3 is 2.90 bits per heavy atom. The average molecular weight is 290 g/mol. The molecule has 0 unspecified atom stereocenters. The van der Waals surface area contributed by atoms with Gasteiger partial charge in [-0.05, 0) is 31.1 Å². The zero-order valence-corrected chi connectivity index (χ0v) is 12.4. The van der Waals surface area contributed by atoms with Gasteiger partial charge in [-0.3, -0.25) is 0 Å². The van der Waals surface area contributed by atoms with E-state index in [0.717, 1.165) is 25.1 Å². The summed E-state index contributed by atoms with van der Waals surface area (Å²) in [4.78, 5) is 5.07. The van der Waals surface area contributed by atoms with Crippen LogP contribution in [0.2, 0.25) is 0 Å². The van der Waals surface area contributed by atoms with Gasteiger partial charge in [0.1, 0.15) is 5.75 Å². The van der Waals surface area contributed by atoms with Crippen LogP contribution in [0.1, 0.15) is 12.8 Å². The Kier molecular flexibility index (Phi) is 6.34. The summed E-state index contributed by atoms with van der Waals surface area (Å²) in [5.74, 6) is 0.894. The highest BCUT2D eigenvalue weighted by atomic mass is 16.5. The summed E-state index contributed by atoms with van der Waals surface area (Å²) in [7, 11) is 2.04. The molecular weight excluding hydrogens is 268 g/mol. The number of rotatable bonds is 8. The van der Waals surface area contributed by atoms with Gasteiger partial charge in [0, 0.05) is 30.5 Å². The van der Waals surface area contributed by atoms with Crippen LogP contribution in [0.25, 0.3) is 10.4 Å². The van der Waals surface area contributed by atoms with Gasteiger partial charge in [0.2, 0.25) is 0 Å². The molecule has 0 saturated carbocycles. The van der Waals surface area contributed by atoms with Crippen LogP contribution in [0, 0.1) is 0 Å². The summed E-state index contributed by atoms with van der Waals surface area (Å²) in [5.41, 5.74) is 8.46.